The third kappa shape index (κ3) is 3.67. The molecular formula is C17H28O3Si. The highest BCUT2D eigenvalue weighted by atomic mass is 28.4. The number of carbonyl (C=O) groups excluding carboxylic acids is 1. The van der Waals surface area contributed by atoms with Gasteiger partial charge in [-0.15, -0.1) is 0 Å². The molecule has 0 heterocycles. The Labute approximate surface area is 129 Å². The molecule has 0 atom stereocenters. The molecule has 0 saturated heterocycles. The molecule has 118 valence electrons. The molecule has 0 aliphatic rings. The number of hydrogen-bond acceptors (Lipinski definition) is 3. The van der Waals surface area contributed by atoms with Crippen LogP contribution >= 0.6 is 0 Å². The summed E-state index contributed by atoms with van der Waals surface area (Å²) in [5.74, 6) is 1.41. The van der Waals surface area contributed by atoms with Gasteiger partial charge in [-0.3, -0.25) is 4.79 Å². The zero-order valence-corrected chi connectivity index (χ0v) is 15.3. The number of hydrogen-bond donors (Lipinski definition) is 0. The maximum absolute atomic E-state index is 11.1. The molecular weight excluding hydrogens is 280 g/mol. The SMILES string of the molecule is COc1cc(C=O)cc(O[Si](C(C)C)(C(C)C)C(C)C)c1. The van der Waals surface area contributed by atoms with Crippen molar-refractivity contribution in [2.45, 2.75) is 58.2 Å². The van der Waals surface area contributed by atoms with Crippen LogP contribution in [0.3, 0.4) is 0 Å². The van der Waals surface area contributed by atoms with Crippen molar-refractivity contribution in [3.05, 3.63) is 23.8 Å². The molecule has 0 aliphatic carbocycles. The van der Waals surface area contributed by atoms with E-state index < -0.39 is 8.32 Å². The Balaban J connectivity index is 3.29. The second-order valence-corrected chi connectivity index (χ2v) is 11.9. The fourth-order valence-electron chi connectivity index (χ4n) is 3.40. The van der Waals surface area contributed by atoms with Crippen molar-refractivity contribution in [3.8, 4) is 11.5 Å². The van der Waals surface area contributed by atoms with E-state index in [1.54, 1.807) is 13.2 Å². The summed E-state index contributed by atoms with van der Waals surface area (Å²) in [4.78, 5) is 11.1. The summed E-state index contributed by atoms with van der Waals surface area (Å²) in [5.41, 5.74) is 2.05. The van der Waals surface area contributed by atoms with Crippen molar-refractivity contribution in [2.24, 2.45) is 0 Å². The Hall–Kier alpha value is -1.29. The van der Waals surface area contributed by atoms with Gasteiger partial charge in [-0.2, -0.15) is 0 Å². The third-order valence-corrected chi connectivity index (χ3v) is 10.3. The van der Waals surface area contributed by atoms with Crippen LogP contribution < -0.4 is 9.16 Å². The maximum atomic E-state index is 11.1. The lowest BCUT2D eigenvalue weighted by Gasteiger charge is -2.42. The molecule has 1 aromatic carbocycles. The monoisotopic (exact) mass is 308 g/mol. The number of benzene rings is 1. The minimum Gasteiger partial charge on any atom is -0.543 e. The van der Waals surface area contributed by atoms with Gasteiger partial charge in [-0.1, -0.05) is 41.5 Å². The first kappa shape index (κ1) is 17.8. The van der Waals surface area contributed by atoms with Gasteiger partial charge in [-0.05, 0) is 28.8 Å². The van der Waals surface area contributed by atoms with E-state index in [4.69, 9.17) is 9.16 Å². The van der Waals surface area contributed by atoms with Gasteiger partial charge in [0.15, 0.2) is 0 Å². The molecule has 0 bridgehead atoms. The van der Waals surface area contributed by atoms with Gasteiger partial charge in [0.2, 0.25) is 0 Å². The van der Waals surface area contributed by atoms with Crippen LogP contribution in [0.2, 0.25) is 16.6 Å². The average Bonchev–Trinajstić information content (AvgIpc) is 2.42. The summed E-state index contributed by atoms with van der Waals surface area (Å²) in [7, 11) is -0.408. The zero-order valence-electron chi connectivity index (χ0n) is 14.3. The van der Waals surface area contributed by atoms with Crippen LogP contribution in [0.15, 0.2) is 18.2 Å². The molecule has 1 rings (SSSR count). The Morgan fingerprint density at radius 3 is 1.76 bits per heavy atom. The van der Waals surface area contributed by atoms with E-state index in [-0.39, 0.29) is 0 Å². The van der Waals surface area contributed by atoms with Crippen molar-refractivity contribution < 1.29 is 14.0 Å². The highest BCUT2D eigenvalue weighted by Gasteiger charge is 2.47. The largest absolute Gasteiger partial charge is 0.543 e. The fourth-order valence-corrected chi connectivity index (χ4v) is 8.63. The van der Waals surface area contributed by atoms with E-state index in [1.165, 1.54) is 0 Å². The Bertz CT molecular complexity index is 459. The number of rotatable bonds is 7. The summed E-state index contributed by atoms with van der Waals surface area (Å²) < 4.78 is 11.8. The second-order valence-electron chi connectivity index (χ2n) is 6.48. The number of ether oxygens (including phenoxy) is 1. The molecule has 0 aromatic heterocycles. The molecule has 0 radical (unpaired) electrons. The average molecular weight is 308 g/mol. The smallest absolute Gasteiger partial charge is 0.258 e. The first-order valence-corrected chi connectivity index (χ1v) is 9.75. The van der Waals surface area contributed by atoms with Crippen LogP contribution in [0.4, 0.5) is 0 Å². The van der Waals surface area contributed by atoms with Gasteiger partial charge >= 0.3 is 0 Å². The summed E-state index contributed by atoms with van der Waals surface area (Å²) in [6, 6.07) is 5.41. The van der Waals surface area contributed by atoms with Crippen LogP contribution in [-0.2, 0) is 0 Å². The first-order valence-electron chi connectivity index (χ1n) is 7.61. The summed E-state index contributed by atoms with van der Waals surface area (Å²) in [6.07, 6.45) is 0.832. The number of aldehydes is 1. The zero-order chi connectivity index (χ0) is 16.2. The fraction of sp³-hybridized carbons (Fsp3) is 0.588. The standard InChI is InChI=1S/C17H28O3Si/c1-12(2)21(13(3)4,14(5)6)20-17-9-15(11-18)8-16(10-17)19-7/h8-14H,1-7H3. The lowest BCUT2D eigenvalue weighted by Crippen LogP contribution is -2.50. The molecule has 0 fully saturated rings. The predicted molar refractivity (Wildman–Crippen MR) is 90.1 cm³/mol. The van der Waals surface area contributed by atoms with Crippen molar-refractivity contribution >= 4 is 14.6 Å². The lowest BCUT2D eigenvalue weighted by atomic mass is 10.2. The van der Waals surface area contributed by atoms with Gasteiger partial charge in [0, 0.05) is 11.6 Å². The Morgan fingerprint density at radius 2 is 1.38 bits per heavy atom. The minimum absolute atomic E-state index is 0.489. The summed E-state index contributed by atoms with van der Waals surface area (Å²) in [6.45, 7) is 13.5. The van der Waals surface area contributed by atoms with E-state index in [1.807, 2.05) is 12.1 Å². The summed E-state index contributed by atoms with van der Waals surface area (Å²) in [5, 5.41) is 0. The first-order chi connectivity index (χ1) is 9.77. The van der Waals surface area contributed by atoms with E-state index in [0.29, 0.717) is 27.9 Å². The third-order valence-electron chi connectivity index (χ3n) is 4.28. The van der Waals surface area contributed by atoms with Gasteiger partial charge in [0.1, 0.15) is 17.8 Å². The molecule has 0 aliphatic heterocycles. The number of carbonyl (C=O) groups is 1. The molecule has 0 amide bonds. The van der Waals surface area contributed by atoms with Crippen molar-refractivity contribution in [1.82, 2.24) is 0 Å². The van der Waals surface area contributed by atoms with Gasteiger partial charge < -0.3 is 9.16 Å². The van der Waals surface area contributed by atoms with Crippen LogP contribution in [0.25, 0.3) is 0 Å². The van der Waals surface area contributed by atoms with Gasteiger partial charge in [0.25, 0.3) is 8.32 Å². The lowest BCUT2D eigenvalue weighted by molar-refractivity contribution is 0.112. The second kappa shape index (κ2) is 7.12. The summed E-state index contributed by atoms with van der Waals surface area (Å²) >= 11 is 0. The molecule has 4 heteroatoms. The maximum Gasteiger partial charge on any atom is 0.258 e. The predicted octanol–water partition coefficient (Wildman–Crippen LogP) is 5.06. The van der Waals surface area contributed by atoms with Crippen LogP contribution in [0.1, 0.15) is 51.9 Å². The van der Waals surface area contributed by atoms with Crippen LogP contribution in [-0.4, -0.2) is 21.7 Å². The Kier molecular flexibility index (Phi) is 6.02. The highest BCUT2D eigenvalue weighted by molar-refractivity contribution is 6.78. The van der Waals surface area contributed by atoms with E-state index in [0.717, 1.165) is 12.0 Å². The van der Waals surface area contributed by atoms with Crippen molar-refractivity contribution in [2.75, 3.05) is 7.11 Å². The Morgan fingerprint density at radius 1 is 0.905 bits per heavy atom. The molecule has 1 aromatic rings. The number of methoxy groups -OCH3 is 1. The van der Waals surface area contributed by atoms with Gasteiger partial charge in [-0.25, -0.2) is 0 Å². The topological polar surface area (TPSA) is 35.5 Å². The van der Waals surface area contributed by atoms with E-state index >= 15 is 0 Å². The van der Waals surface area contributed by atoms with Crippen LogP contribution in [0.5, 0.6) is 11.5 Å². The van der Waals surface area contributed by atoms with E-state index in [9.17, 15) is 4.79 Å². The van der Waals surface area contributed by atoms with E-state index in [2.05, 4.69) is 41.5 Å². The molecule has 0 unspecified atom stereocenters. The van der Waals surface area contributed by atoms with Gasteiger partial charge in [0.05, 0.1) is 7.11 Å². The van der Waals surface area contributed by atoms with Crippen molar-refractivity contribution in [1.29, 1.82) is 0 Å². The normalized spacial score (nSPS) is 12.1. The minimum atomic E-state index is -2.01. The molecule has 0 spiro atoms. The van der Waals surface area contributed by atoms with Crippen molar-refractivity contribution in [3.63, 3.8) is 0 Å². The quantitative estimate of drug-likeness (QED) is 0.521. The molecule has 21 heavy (non-hydrogen) atoms. The highest BCUT2D eigenvalue weighted by Crippen LogP contribution is 2.43. The molecule has 0 saturated carbocycles. The molecule has 0 N–H and O–H groups in total. The molecule has 3 nitrogen and oxygen atoms in total. The van der Waals surface area contributed by atoms with Crippen LogP contribution in [0, 0.1) is 0 Å².